The Hall–Kier alpha value is -6.56. The number of nitrogens with one attached hydrogen (secondary N) is 4. The number of benzene rings is 3. The molecular formula is C47H52F3N9O6. The molecule has 0 bridgehead atoms. The zero-order valence-corrected chi connectivity index (χ0v) is 36.7. The van der Waals surface area contributed by atoms with Gasteiger partial charge >= 0.3 is 6.18 Å². The first-order valence-electron chi connectivity index (χ1n) is 22.0. The number of nitrogens with zero attached hydrogens (tertiary/aromatic N) is 5. The molecule has 1 aromatic heterocycles. The smallest absolute Gasteiger partial charge is 0.421 e. The second kappa shape index (κ2) is 18.5. The number of carbonyl (C=O) groups excluding carboxylic acids is 5. The number of piperidine rings is 3. The molecule has 65 heavy (non-hydrogen) atoms. The van der Waals surface area contributed by atoms with Crippen molar-refractivity contribution < 1.29 is 41.9 Å². The maximum Gasteiger partial charge on any atom is 0.421 e. The van der Waals surface area contributed by atoms with Crippen LogP contribution in [0.5, 0.6) is 5.75 Å². The fourth-order valence-corrected chi connectivity index (χ4v) is 9.33. The second-order valence-electron chi connectivity index (χ2n) is 17.4. The van der Waals surface area contributed by atoms with Gasteiger partial charge in [0.15, 0.2) is 0 Å². The molecule has 4 N–H and O–H groups in total. The van der Waals surface area contributed by atoms with Crippen LogP contribution >= 0.6 is 0 Å². The summed E-state index contributed by atoms with van der Waals surface area (Å²) in [7, 11) is 1.44. The number of imide groups is 2. The van der Waals surface area contributed by atoms with Crippen LogP contribution in [0.15, 0.2) is 60.8 Å². The fraction of sp³-hybridized carbons (Fsp3) is 0.426. The van der Waals surface area contributed by atoms with Crippen LogP contribution in [-0.4, -0.2) is 101 Å². The lowest BCUT2D eigenvalue weighted by atomic mass is 9.85. The third-order valence-electron chi connectivity index (χ3n) is 12.7. The number of fused-ring (bicyclic) bond motifs is 1. The highest BCUT2D eigenvalue weighted by Crippen LogP contribution is 2.40. The molecule has 4 aliphatic rings. The van der Waals surface area contributed by atoms with Crippen molar-refractivity contribution in [2.45, 2.75) is 83.5 Å². The van der Waals surface area contributed by atoms with E-state index in [1.54, 1.807) is 24.3 Å². The van der Waals surface area contributed by atoms with E-state index in [-0.39, 0.29) is 53.2 Å². The summed E-state index contributed by atoms with van der Waals surface area (Å²) in [5.41, 5.74) is 3.28. The second-order valence-corrected chi connectivity index (χ2v) is 17.4. The van der Waals surface area contributed by atoms with Crippen LogP contribution in [0.2, 0.25) is 0 Å². The molecule has 4 aliphatic heterocycles. The number of rotatable bonds is 12. The maximum atomic E-state index is 14.2. The van der Waals surface area contributed by atoms with Crippen molar-refractivity contribution in [3.05, 3.63) is 94.2 Å². The van der Waals surface area contributed by atoms with Gasteiger partial charge in [-0.3, -0.25) is 34.2 Å². The van der Waals surface area contributed by atoms with Gasteiger partial charge in [-0.25, -0.2) is 4.98 Å². The van der Waals surface area contributed by atoms with Gasteiger partial charge in [0.05, 0.1) is 34.2 Å². The minimum Gasteiger partial charge on any atom is -0.489 e. The number of alkyl halides is 3. The molecule has 0 saturated carbocycles. The Kier molecular flexibility index (Phi) is 12.8. The first-order chi connectivity index (χ1) is 31.1. The highest BCUT2D eigenvalue weighted by Gasteiger charge is 2.45. The Bertz CT molecular complexity index is 2520. The summed E-state index contributed by atoms with van der Waals surface area (Å²) < 4.78 is 48.8. The Morgan fingerprint density at radius 2 is 1.62 bits per heavy atom. The molecule has 5 amide bonds. The van der Waals surface area contributed by atoms with Gasteiger partial charge in [0, 0.05) is 45.0 Å². The third kappa shape index (κ3) is 9.62. The van der Waals surface area contributed by atoms with Crippen LogP contribution in [-0.2, 0) is 15.8 Å². The van der Waals surface area contributed by atoms with Crippen molar-refractivity contribution in [2.75, 3.05) is 55.3 Å². The lowest BCUT2D eigenvalue weighted by molar-refractivity contribution is -0.138. The molecule has 342 valence electrons. The van der Waals surface area contributed by atoms with Crippen molar-refractivity contribution in [3.8, 4) is 5.75 Å². The normalized spacial score (nSPS) is 18.8. The molecule has 4 aromatic rings. The monoisotopic (exact) mass is 895 g/mol. The molecule has 0 aliphatic carbocycles. The van der Waals surface area contributed by atoms with E-state index in [1.165, 1.54) is 19.2 Å². The average molecular weight is 896 g/mol. The number of hydrogen-bond acceptors (Lipinski definition) is 12. The molecule has 1 unspecified atom stereocenters. The lowest BCUT2D eigenvalue weighted by Gasteiger charge is -2.38. The van der Waals surface area contributed by atoms with Gasteiger partial charge in [-0.15, -0.1) is 0 Å². The van der Waals surface area contributed by atoms with Gasteiger partial charge in [-0.05, 0) is 131 Å². The highest BCUT2D eigenvalue weighted by atomic mass is 19.4. The Balaban J connectivity index is 0.888. The molecule has 3 aromatic carbocycles. The zero-order valence-electron chi connectivity index (χ0n) is 36.7. The van der Waals surface area contributed by atoms with Gasteiger partial charge in [-0.2, -0.15) is 18.2 Å². The molecule has 5 heterocycles. The maximum absolute atomic E-state index is 14.2. The Morgan fingerprint density at radius 3 is 2.31 bits per heavy atom. The van der Waals surface area contributed by atoms with E-state index in [2.05, 4.69) is 41.0 Å². The molecule has 18 heteroatoms. The van der Waals surface area contributed by atoms with E-state index < -0.39 is 53.1 Å². The largest absolute Gasteiger partial charge is 0.489 e. The zero-order chi connectivity index (χ0) is 46.2. The first kappa shape index (κ1) is 45.0. The fourth-order valence-electron chi connectivity index (χ4n) is 9.33. The number of hydrogen-bond donors (Lipinski definition) is 4. The van der Waals surface area contributed by atoms with Crippen molar-refractivity contribution in [1.82, 2.24) is 30.4 Å². The van der Waals surface area contributed by atoms with Gasteiger partial charge in [-0.1, -0.05) is 12.1 Å². The van der Waals surface area contributed by atoms with E-state index in [0.29, 0.717) is 23.6 Å². The van der Waals surface area contributed by atoms with E-state index in [1.807, 2.05) is 39.0 Å². The molecular weight excluding hydrogens is 844 g/mol. The lowest BCUT2D eigenvalue weighted by Crippen LogP contribution is -2.54. The van der Waals surface area contributed by atoms with Crippen LogP contribution in [0.25, 0.3) is 0 Å². The van der Waals surface area contributed by atoms with Crippen LogP contribution in [0.1, 0.15) is 106 Å². The summed E-state index contributed by atoms with van der Waals surface area (Å²) >= 11 is 0. The summed E-state index contributed by atoms with van der Waals surface area (Å²) in [4.78, 5) is 77.2. The number of aryl methyl sites for hydroxylation is 1. The number of carbonyl (C=O) groups is 5. The summed E-state index contributed by atoms with van der Waals surface area (Å²) in [6, 6.07) is 14.4. The van der Waals surface area contributed by atoms with Gasteiger partial charge in [0.1, 0.15) is 23.2 Å². The van der Waals surface area contributed by atoms with Gasteiger partial charge < -0.3 is 30.5 Å². The molecule has 0 radical (unpaired) electrons. The van der Waals surface area contributed by atoms with Crippen molar-refractivity contribution in [2.24, 2.45) is 5.92 Å². The first-order valence-corrected chi connectivity index (χ1v) is 22.0. The van der Waals surface area contributed by atoms with Gasteiger partial charge in [0.25, 0.3) is 17.7 Å². The van der Waals surface area contributed by atoms with Gasteiger partial charge in [0.2, 0.25) is 17.8 Å². The molecule has 1 atom stereocenters. The van der Waals surface area contributed by atoms with Crippen molar-refractivity contribution in [3.63, 3.8) is 0 Å². The highest BCUT2D eigenvalue weighted by molar-refractivity contribution is 6.23. The Morgan fingerprint density at radius 1 is 0.892 bits per heavy atom. The quantitative estimate of drug-likeness (QED) is 0.108. The number of para-hydroxylation sites is 1. The van der Waals surface area contributed by atoms with Crippen LogP contribution < -0.4 is 30.9 Å². The Labute approximate surface area is 374 Å². The van der Waals surface area contributed by atoms with E-state index in [0.717, 1.165) is 80.1 Å². The number of aromatic nitrogens is 2. The van der Waals surface area contributed by atoms with Crippen LogP contribution in [0.3, 0.4) is 0 Å². The van der Waals surface area contributed by atoms with Crippen LogP contribution in [0.4, 0.5) is 42.0 Å². The molecule has 15 nitrogen and oxygen atoms in total. The number of likely N-dealkylation sites (tertiary alicyclic amines) is 1. The number of ether oxygens (including phenoxy) is 1. The van der Waals surface area contributed by atoms with Crippen molar-refractivity contribution >= 4 is 58.4 Å². The predicted molar refractivity (Wildman–Crippen MR) is 237 cm³/mol. The standard InChI is InChI=1S/C47H52F3N9O6/c1-26(2)65-39-23-33(27(3)21-37(39)54-46-52-24-35(47(48,49)50)41(56-46)53-36-8-6-5-7-32(36)42(61)51-4)29-15-17-57(18-16-29)25-28-13-19-58(20-14-28)30-9-10-31-34(22-30)45(64)59(44(31)63)38-11-12-40(60)55-43(38)62/h5-10,21-24,26,28-29,38H,11-20,25H2,1-4H3,(H,51,61)(H,55,60,62)(H2,52,53,54,56). The third-order valence-corrected chi connectivity index (χ3v) is 12.7. The topological polar surface area (TPSA) is 178 Å². The summed E-state index contributed by atoms with van der Waals surface area (Å²) in [6.07, 6.45) is -0.245. The number of amides is 5. The minimum atomic E-state index is -4.77. The van der Waals surface area contributed by atoms with E-state index >= 15 is 0 Å². The van der Waals surface area contributed by atoms with Crippen LogP contribution in [0, 0.1) is 12.8 Å². The SMILES string of the molecule is CNC(=O)c1ccccc1Nc1nc(Nc2cc(C)c(C3CCN(CC4CCN(c5ccc6c(c5)C(=O)N(C5CCC(=O)NC5=O)C6=O)CC4)CC3)cc2OC(C)C)ncc1C(F)(F)F. The predicted octanol–water partition coefficient (Wildman–Crippen LogP) is 6.94. The van der Waals surface area contributed by atoms with E-state index in [9.17, 15) is 37.1 Å². The molecule has 0 spiro atoms. The van der Waals surface area contributed by atoms with Crippen molar-refractivity contribution in [1.29, 1.82) is 0 Å². The summed E-state index contributed by atoms with van der Waals surface area (Å²) in [5, 5.41) is 10.5. The minimum absolute atomic E-state index is 0.0696. The summed E-state index contributed by atoms with van der Waals surface area (Å²) in [6.45, 7) is 10.3. The molecule has 3 saturated heterocycles. The average Bonchev–Trinajstić information content (AvgIpc) is 3.52. The summed E-state index contributed by atoms with van der Waals surface area (Å²) in [5.74, 6) is -1.83. The molecule has 3 fully saturated rings. The van der Waals surface area contributed by atoms with E-state index in [4.69, 9.17) is 4.74 Å². The number of halogens is 3. The molecule has 8 rings (SSSR count). The number of anilines is 5.